The van der Waals surface area contributed by atoms with E-state index in [1.54, 1.807) is 0 Å². The van der Waals surface area contributed by atoms with E-state index in [0.717, 1.165) is 5.56 Å². The zero-order valence-corrected chi connectivity index (χ0v) is 13.6. The molecule has 0 aliphatic heterocycles. The van der Waals surface area contributed by atoms with Crippen LogP contribution in [0.4, 0.5) is 4.39 Å². The van der Waals surface area contributed by atoms with Crippen molar-refractivity contribution in [2.45, 2.75) is 31.2 Å². The van der Waals surface area contributed by atoms with Gasteiger partial charge in [-0.3, -0.25) is 0 Å². The molecule has 0 bridgehead atoms. The second kappa shape index (κ2) is 7.03. The van der Waals surface area contributed by atoms with Crippen LogP contribution < -0.4 is 0 Å². The van der Waals surface area contributed by atoms with Crippen molar-refractivity contribution in [2.24, 2.45) is 0 Å². The standard InChI is InChI=1S/C17H20FNO2S/c1-14(2)19(13-12-15-6-4-3-5-7-15)22(20,21)17-10-8-16(18)9-11-17/h3-11,14H,12-13H2,1-2H3. The number of hydrogen-bond donors (Lipinski definition) is 0. The first-order chi connectivity index (χ1) is 10.4. The van der Waals surface area contributed by atoms with Gasteiger partial charge in [0.2, 0.25) is 10.0 Å². The predicted molar refractivity (Wildman–Crippen MR) is 85.6 cm³/mol. The summed E-state index contributed by atoms with van der Waals surface area (Å²) in [7, 11) is -3.62. The summed E-state index contributed by atoms with van der Waals surface area (Å²) in [4.78, 5) is 0.121. The van der Waals surface area contributed by atoms with Gasteiger partial charge in [0.25, 0.3) is 0 Å². The van der Waals surface area contributed by atoms with Crippen molar-refractivity contribution in [3.05, 3.63) is 66.0 Å². The maximum absolute atomic E-state index is 13.0. The van der Waals surface area contributed by atoms with E-state index in [4.69, 9.17) is 0 Å². The van der Waals surface area contributed by atoms with E-state index in [1.807, 2.05) is 44.2 Å². The average molecular weight is 321 g/mol. The van der Waals surface area contributed by atoms with E-state index in [1.165, 1.54) is 28.6 Å². The molecule has 2 aromatic carbocycles. The van der Waals surface area contributed by atoms with Crippen molar-refractivity contribution in [2.75, 3.05) is 6.54 Å². The van der Waals surface area contributed by atoms with Crippen LogP contribution in [0.3, 0.4) is 0 Å². The Morgan fingerprint density at radius 2 is 1.59 bits per heavy atom. The third kappa shape index (κ3) is 3.93. The first kappa shape index (κ1) is 16.6. The van der Waals surface area contributed by atoms with Crippen LogP contribution >= 0.6 is 0 Å². The van der Waals surface area contributed by atoms with Gasteiger partial charge in [0.1, 0.15) is 5.82 Å². The Balaban J connectivity index is 2.21. The van der Waals surface area contributed by atoms with Crippen molar-refractivity contribution in [3.63, 3.8) is 0 Å². The molecule has 0 aliphatic carbocycles. The minimum Gasteiger partial charge on any atom is -0.207 e. The minimum atomic E-state index is -3.62. The number of nitrogens with zero attached hydrogens (tertiary/aromatic N) is 1. The molecule has 0 saturated heterocycles. The highest BCUT2D eigenvalue weighted by Gasteiger charge is 2.26. The molecule has 0 spiro atoms. The van der Waals surface area contributed by atoms with Crippen molar-refractivity contribution in [1.82, 2.24) is 4.31 Å². The fourth-order valence-corrected chi connectivity index (χ4v) is 3.92. The van der Waals surface area contributed by atoms with Gasteiger partial charge in [-0.25, -0.2) is 12.8 Å². The van der Waals surface area contributed by atoms with Gasteiger partial charge in [-0.15, -0.1) is 0 Å². The summed E-state index contributed by atoms with van der Waals surface area (Å²) in [5, 5.41) is 0. The lowest BCUT2D eigenvalue weighted by Gasteiger charge is -2.26. The largest absolute Gasteiger partial charge is 0.243 e. The molecule has 0 unspecified atom stereocenters. The Kier molecular flexibility index (Phi) is 5.32. The van der Waals surface area contributed by atoms with Crippen LogP contribution in [0.15, 0.2) is 59.5 Å². The second-order valence-electron chi connectivity index (χ2n) is 5.40. The van der Waals surface area contributed by atoms with Crippen molar-refractivity contribution < 1.29 is 12.8 Å². The third-order valence-electron chi connectivity index (χ3n) is 3.46. The molecule has 0 fully saturated rings. The smallest absolute Gasteiger partial charge is 0.207 e. The molecule has 0 atom stereocenters. The van der Waals surface area contributed by atoms with Gasteiger partial charge < -0.3 is 0 Å². The lowest BCUT2D eigenvalue weighted by atomic mass is 10.1. The summed E-state index contributed by atoms with van der Waals surface area (Å²) in [5.74, 6) is -0.445. The van der Waals surface area contributed by atoms with Crippen LogP contribution in [0.2, 0.25) is 0 Å². The lowest BCUT2D eigenvalue weighted by Crippen LogP contribution is -2.38. The zero-order valence-electron chi connectivity index (χ0n) is 12.7. The van der Waals surface area contributed by atoms with Gasteiger partial charge in [0.15, 0.2) is 0 Å². The lowest BCUT2D eigenvalue weighted by molar-refractivity contribution is 0.357. The number of hydrogen-bond acceptors (Lipinski definition) is 2. The molecule has 0 radical (unpaired) electrons. The number of sulfonamides is 1. The van der Waals surface area contributed by atoms with Gasteiger partial charge in [-0.05, 0) is 50.1 Å². The van der Waals surface area contributed by atoms with E-state index in [9.17, 15) is 12.8 Å². The topological polar surface area (TPSA) is 37.4 Å². The van der Waals surface area contributed by atoms with Crippen molar-refractivity contribution >= 4 is 10.0 Å². The summed E-state index contributed by atoms with van der Waals surface area (Å²) >= 11 is 0. The predicted octanol–water partition coefficient (Wildman–Crippen LogP) is 3.47. The number of benzene rings is 2. The van der Waals surface area contributed by atoms with Gasteiger partial charge in [0, 0.05) is 12.6 Å². The van der Waals surface area contributed by atoms with Gasteiger partial charge in [-0.2, -0.15) is 4.31 Å². The number of halogens is 1. The molecule has 5 heteroatoms. The normalized spacial score (nSPS) is 12.0. The van der Waals surface area contributed by atoms with E-state index in [-0.39, 0.29) is 10.9 Å². The van der Waals surface area contributed by atoms with Crippen LogP contribution in [0.25, 0.3) is 0 Å². The fraction of sp³-hybridized carbons (Fsp3) is 0.294. The molecule has 118 valence electrons. The Hall–Kier alpha value is -1.72. The van der Waals surface area contributed by atoms with Crippen LogP contribution in [0.1, 0.15) is 19.4 Å². The van der Waals surface area contributed by atoms with Crippen LogP contribution in [0.5, 0.6) is 0 Å². The Bertz CT molecular complexity index is 697. The second-order valence-corrected chi connectivity index (χ2v) is 7.29. The zero-order chi connectivity index (χ0) is 16.2. The average Bonchev–Trinajstić information content (AvgIpc) is 2.48. The summed E-state index contributed by atoms with van der Waals surface area (Å²) in [6.45, 7) is 4.07. The molecule has 3 nitrogen and oxygen atoms in total. The quantitative estimate of drug-likeness (QED) is 0.817. The Morgan fingerprint density at radius 3 is 2.14 bits per heavy atom. The number of rotatable bonds is 6. The van der Waals surface area contributed by atoms with Crippen molar-refractivity contribution in [1.29, 1.82) is 0 Å². The van der Waals surface area contributed by atoms with Crippen LogP contribution in [-0.4, -0.2) is 25.3 Å². The third-order valence-corrected chi connectivity index (χ3v) is 5.55. The Morgan fingerprint density at radius 1 is 1.00 bits per heavy atom. The highest BCUT2D eigenvalue weighted by atomic mass is 32.2. The van der Waals surface area contributed by atoms with Crippen LogP contribution in [0, 0.1) is 5.82 Å². The monoisotopic (exact) mass is 321 g/mol. The van der Waals surface area contributed by atoms with E-state index < -0.39 is 15.8 Å². The molecule has 0 aliphatic rings. The summed E-state index contributed by atoms with van der Waals surface area (Å²) in [6.07, 6.45) is 0.638. The fourth-order valence-electron chi connectivity index (χ4n) is 2.28. The van der Waals surface area contributed by atoms with Crippen molar-refractivity contribution in [3.8, 4) is 0 Å². The molecule has 0 amide bonds. The maximum Gasteiger partial charge on any atom is 0.243 e. The maximum atomic E-state index is 13.0. The summed E-state index contributed by atoms with van der Waals surface area (Å²) < 4.78 is 39.9. The molecule has 0 heterocycles. The molecule has 2 aromatic rings. The van der Waals surface area contributed by atoms with E-state index in [2.05, 4.69) is 0 Å². The van der Waals surface area contributed by atoms with Gasteiger partial charge in [-0.1, -0.05) is 30.3 Å². The highest BCUT2D eigenvalue weighted by Crippen LogP contribution is 2.19. The molecule has 0 saturated carbocycles. The molecule has 0 aromatic heterocycles. The molecule has 2 rings (SSSR count). The molecule has 22 heavy (non-hydrogen) atoms. The highest BCUT2D eigenvalue weighted by molar-refractivity contribution is 7.89. The van der Waals surface area contributed by atoms with Crippen LogP contribution in [-0.2, 0) is 16.4 Å². The summed E-state index contributed by atoms with van der Waals surface area (Å²) in [5.41, 5.74) is 1.09. The van der Waals surface area contributed by atoms with Gasteiger partial charge >= 0.3 is 0 Å². The molecule has 0 N–H and O–H groups in total. The van der Waals surface area contributed by atoms with E-state index >= 15 is 0 Å². The SMILES string of the molecule is CC(C)N(CCc1ccccc1)S(=O)(=O)c1ccc(F)cc1. The molecular formula is C17H20FNO2S. The molecular weight excluding hydrogens is 301 g/mol. The Labute approximate surface area is 131 Å². The minimum absolute atomic E-state index is 0.121. The van der Waals surface area contributed by atoms with Gasteiger partial charge in [0.05, 0.1) is 4.90 Å². The summed E-state index contributed by atoms with van der Waals surface area (Å²) in [6, 6.07) is 14.5. The first-order valence-corrected chi connectivity index (χ1v) is 8.66. The van der Waals surface area contributed by atoms with E-state index in [0.29, 0.717) is 13.0 Å². The first-order valence-electron chi connectivity index (χ1n) is 7.22.